The molecule has 0 saturated carbocycles. The molecule has 0 aliphatic rings. The number of nitrogens with zero attached hydrogens (tertiary/aromatic N) is 1. The predicted octanol–water partition coefficient (Wildman–Crippen LogP) is 3.27. The number of hydrogen-bond acceptors (Lipinski definition) is 5. The number of benzene rings is 2. The Balaban J connectivity index is 1.69. The first kappa shape index (κ1) is 20.1. The molecule has 1 heterocycles. The van der Waals surface area contributed by atoms with Gasteiger partial charge < -0.3 is 0 Å². The summed E-state index contributed by atoms with van der Waals surface area (Å²) in [4.78, 5) is 17.7. The Bertz CT molecular complexity index is 1110. The van der Waals surface area contributed by atoms with Crippen molar-refractivity contribution in [1.82, 2.24) is 15.2 Å². The van der Waals surface area contributed by atoms with E-state index in [4.69, 9.17) is 0 Å². The lowest BCUT2D eigenvalue weighted by molar-refractivity contribution is 0.0941. The van der Waals surface area contributed by atoms with Gasteiger partial charge >= 0.3 is 0 Å². The Labute approximate surface area is 164 Å². The Morgan fingerprint density at radius 3 is 2.46 bits per heavy atom. The van der Waals surface area contributed by atoms with E-state index in [1.54, 1.807) is 0 Å². The van der Waals surface area contributed by atoms with Gasteiger partial charge in [-0.15, -0.1) is 16.2 Å². The van der Waals surface area contributed by atoms with Crippen LogP contribution in [0.1, 0.15) is 23.0 Å². The van der Waals surface area contributed by atoms with Crippen molar-refractivity contribution >= 4 is 27.3 Å². The molecule has 0 aliphatic carbocycles. The van der Waals surface area contributed by atoms with Gasteiger partial charge in [-0.3, -0.25) is 10.2 Å². The third-order valence-electron chi connectivity index (χ3n) is 3.85. The number of sulfonamides is 1. The average Bonchev–Trinajstić information content (AvgIpc) is 3.18. The Kier molecular flexibility index (Phi) is 5.82. The van der Waals surface area contributed by atoms with Crippen LogP contribution in [0, 0.1) is 11.6 Å². The molecule has 0 spiro atoms. The van der Waals surface area contributed by atoms with E-state index in [0.29, 0.717) is 17.1 Å². The van der Waals surface area contributed by atoms with E-state index in [1.807, 2.05) is 41.4 Å². The summed E-state index contributed by atoms with van der Waals surface area (Å²) in [6.07, 6.45) is 0.907. The van der Waals surface area contributed by atoms with Crippen LogP contribution in [0.3, 0.4) is 0 Å². The van der Waals surface area contributed by atoms with E-state index < -0.39 is 32.5 Å². The van der Waals surface area contributed by atoms with Gasteiger partial charge in [-0.05, 0) is 30.2 Å². The molecule has 0 unspecified atom stereocenters. The number of hydrogen-bond donors (Lipinski definition) is 2. The molecule has 0 aliphatic heterocycles. The largest absolute Gasteiger partial charge is 0.285 e. The number of aromatic nitrogens is 1. The van der Waals surface area contributed by atoms with E-state index >= 15 is 0 Å². The molecule has 0 fully saturated rings. The maximum atomic E-state index is 13.2. The monoisotopic (exact) mass is 423 g/mol. The SMILES string of the molecule is CCc1ccc(-c2nc(C(=O)NNS(=O)(=O)c3ccc(F)c(F)c3)cs2)cc1. The molecule has 2 aromatic carbocycles. The van der Waals surface area contributed by atoms with Crippen molar-refractivity contribution in [2.45, 2.75) is 18.2 Å². The smallest absolute Gasteiger partial charge is 0.272 e. The molecule has 0 radical (unpaired) electrons. The van der Waals surface area contributed by atoms with Gasteiger partial charge in [0.2, 0.25) is 0 Å². The molecule has 1 aromatic heterocycles. The third-order valence-corrected chi connectivity index (χ3v) is 5.98. The summed E-state index contributed by atoms with van der Waals surface area (Å²) >= 11 is 1.24. The first-order valence-corrected chi connectivity index (χ1v) is 10.5. The van der Waals surface area contributed by atoms with Crippen molar-refractivity contribution in [1.29, 1.82) is 0 Å². The van der Waals surface area contributed by atoms with Crippen molar-refractivity contribution < 1.29 is 22.0 Å². The van der Waals surface area contributed by atoms with Crippen LogP contribution in [0.15, 0.2) is 52.7 Å². The van der Waals surface area contributed by atoms with E-state index in [2.05, 4.69) is 4.98 Å². The quantitative estimate of drug-likeness (QED) is 0.596. The summed E-state index contributed by atoms with van der Waals surface area (Å²) in [5, 5.41) is 2.10. The van der Waals surface area contributed by atoms with Crippen LogP contribution in [-0.4, -0.2) is 19.3 Å². The number of amides is 1. The van der Waals surface area contributed by atoms with Crippen LogP contribution in [0.25, 0.3) is 10.6 Å². The molecular formula is C18H15F2N3O3S2. The second-order valence-electron chi connectivity index (χ2n) is 5.72. The van der Waals surface area contributed by atoms with Crippen molar-refractivity contribution in [2.24, 2.45) is 0 Å². The normalized spacial score (nSPS) is 11.4. The minimum absolute atomic E-state index is 0.0209. The van der Waals surface area contributed by atoms with Gasteiger partial charge in [-0.2, -0.15) is 0 Å². The second-order valence-corrected chi connectivity index (χ2v) is 8.26. The van der Waals surface area contributed by atoms with Crippen LogP contribution < -0.4 is 10.3 Å². The number of thiazole rings is 1. The highest BCUT2D eigenvalue weighted by Crippen LogP contribution is 2.24. The van der Waals surface area contributed by atoms with Crippen LogP contribution in [0.2, 0.25) is 0 Å². The van der Waals surface area contributed by atoms with Gasteiger partial charge in [-0.25, -0.2) is 22.2 Å². The van der Waals surface area contributed by atoms with Crippen LogP contribution in [0.5, 0.6) is 0 Å². The fourth-order valence-electron chi connectivity index (χ4n) is 2.27. The van der Waals surface area contributed by atoms with Crippen LogP contribution in [0.4, 0.5) is 8.78 Å². The van der Waals surface area contributed by atoms with Crippen molar-refractivity contribution in [3.63, 3.8) is 0 Å². The molecule has 2 N–H and O–H groups in total. The van der Waals surface area contributed by atoms with Crippen molar-refractivity contribution in [3.05, 3.63) is 70.7 Å². The lowest BCUT2D eigenvalue weighted by atomic mass is 10.1. The summed E-state index contributed by atoms with van der Waals surface area (Å²) in [6.45, 7) is 2.04. The molecule has 0 atom stereocenters. The lowest BCUT2D eigenvalue weighted by Gasteiger charge is -2.07. The molecule has 3 rings (SSSR count). The maximum absolute atomic E-state index is 13.2. The molecular weight excluding hydrogens is 408 g/mol. The molecule has 0 saturated heterocycles. The lowest BCUT2D eigenvalue weighted by Crippen LogP contribution is -2.41. The van der Waals surface area contributed by atoms with Crippen LogP contribution in [-0.2, 0) is 16.4 Å². The number of carbonyl (C=O) groups is 1. The minimum atomic E-state index is -4.27. The Hall–Kier alpha value is -2.69. The van der Waals surface area contributed by atoms with Crippen LogP contribution >= 0.6 is 11.3 Å². The van der Waals surface area contributed by atoms with Gasteiger partial charge in [0.05, 0.1) is 4.90 Å². The zero-order valence-electron chi connectivity index (χ0n) is 14.6. The summed E-state index contributed by atoms with van der Waals surface area (Å²) in [7, 11) is -4.27. The Morgan fingerprint density at radius 2 is 1.82 bits per heavy atom. The molecule has 6 nitrogen and oxygen atoms in total. The number of hydrazine groups is 1. The topological polar surface area (TPSA) is 88.2 Å². The number of halogens is 2. The average molecular weight is 423 g/mol. The van der Waals surface area contributed by atoms with Gasteiger partial charge in [0, 0.05) is 10.9 Å². The minimum Gasteiger partial charge on any atom is -0.272 e. The number of aryl methyl sites for hydroxylation is 1. The number of rotatable bonds is 6. The van der Waals surface area contributed by atoms with E-state index in [1.165, 1.54) is 22.3 Å². The predicted molar refractivity (Wildman–Crippen MR) is 101 cm³/mol. The van der Waals surface area contributed by atoms with E-state index in [0.717, 1.165) is 18.1 Å². The number of carbonyl (C=O) groups excluding carboxylic acids is 1. The second kappa shape index (κ2) is 8.13. The number of nitrogens with one attached hydrogen (secondary N) is 2. The highest BCUT2D eigenvalue weighted by atomic mass is 32.2. The molecule has 10 heteroatoms. The first-order valence-electron chi connectivity index (χ1n) is 8.12. The molecule has 28 heavy (non-hydrogen) atoms. The van der Waals surface area contributed by atoms with Gasteiger partial charge in [-0.1, -0.05) is 31.2 Å². The van der Waals surface area contributed by atoms with E-state index in [-0.39, 0.29) is 5.69 Å². The van der Waals surface area contributed by atoms with Crippen molar-refractivity contribution in [2.75, 3.05) is 0 Å². The summed E-state index contributed by atoms with van der Waals surface area (Å²) in [5.41, 5.74) is 4.03. The maximum Gasteiger partial charge on any atom is 0.285 e. The summed E-state index contributed by atoms with van der Waals surface area (Å²) in [6, 6.07) is 9.80. The van der Waals surface area contributed by atoms with Gasteiger partial charge in [0.1, 0.15) is 10.7 Å². The summed E-state index contributed by atoms with van der Waals surface area (Å²) in [5.74, 6) is -3.27. The Morgan fingerprint density at radius 1 is 1.11 bits per heavy atom. The zero-order chi connectivity index (χ0) is 20.3. The van der Waals surface area contributed by atoms with Gasteiger partial charge in [0.25, 0.3) is 15.9 Å². The van der Waals surface area contributed by atoms with Gasteiger partial charge in [0.15, 0.2) is 11.6 Å². The molecule has 1 amide bonds. The highest BCUT2D eigenvalue weighted by molar-refractivity contribution is 7.89. The fourth-order valence-corrected chi connectivity index (χ4v) is 3.93. The third kappa shape index (κ3) is 4.41. The first-order chi connectivity index (χ1) is 13.3. The molecule has 0 bridgehead atoms. The molecule has 3 aromatic rings. The standard InChI is InChI=1S/C18H15F2N3O3S2/c1-2-11-3-5-12(6-4-11)18-21-16(10-27-18)17(24)22-23-28(25,26)13-7-8-14(19)15(20)9-13/h3-10,23H,2H2,1H3,(H,22,24). The van der Waals surface area contributed by atoms with E-state index in [9.17, 15) is 22.0 Å². The summed E-state index contributed by atoms with van der Waals surface area (Å²) < 4.78 is 50.3. The van der Waals surface area contributed by atoms with Crippen molar-refractivity contribution in [3.8, 4) is 10.6 Å². The fraction of sp³-hybridized carbons (Fsp3) is 0.111. The highest BCUT2D eigenvalue weighted by Gasteiger charge is 2.19. The molecule has 146 valence electrons. The zero-order valence-corrected chi connectivity index (χ0v) is 16.2.